The van der Waals surface area contributed by atoms with Crippen LogP contribution in [0.2, 0.25) is 0 Å². The van der Waals surface area contributed by atoms with Crippen LogP contribution in [0.4, 0.5) is 4.79 Å². The third-order valence-corrected chi connectivity index (χ3v) is 4.82. The van der Waals surface area contributed by atoms with Gasteiger partial charge in [-0.25, -0.2) is 9.80 Å². The highest BCUT2D eigenvalue weighted by Crippen LogP contribution is 2.24. The standard InChI is InChI=1S/C26H29N3O5/c1-17(2)29(27-24(32)18-9-8-10-20(30)15-18)23(31)14-13-19-16-28(25(33)34-26(3,4)5)22-12-7-6-11-21(19)22/h6-17,30H,1-5H3,(H,27,32)/b14-13+. The Morgan fingerprint density at radius 2 is 1.79 bits per heavy atom. The summed E-state index contributed by atoms with van der Waals surface area (Å²) in [6, 6.07) is 12.8. The Labute approximate surface area is 198 Å². The van der Waals surface area contributed by atoms with Crippen molar-refractivity contribution in [3.05, 3.63) is 71.9 Å². The molecule has 2 N–H and O–H groups in total. The quantitative estimate of drug-likeness (QED) is 0.431. The lowest BCUT2D eigenvalue weighted by molar-refractivity contribution is -0.130. The molecule has 8 nitrogen and oxygen atoms in total. The van der Waals surface area contributed by atoms with Crippen molar-refractivity contribution in [1.82, 2.24) is 15.0 Å². The molecule has 0 bridgehead atoms. The average molecular weight is 464 g/mol. The summed E-state index contributed by atoms with van der Waals surface area (Å²) in [7, 11) is 0. The fourth-order valence-corrected chi connectivity index (χ4v) is 3.30. The number of para-hydroxylation sites is 1. The van der Waals surface area contributed by atoms with Crippen molar-refractivity contribution in [3.8, 4) is 5.75 Å². The number of rotatable bonds is 4. The van der Waals surface area contributed by atoms with Gasteiger partial charge in [0, 0.05) is 34.8 Å². The van der Waals surface area contributed by atoms with Gasteiger partial charge >= 0.3 is 6.09 Å². The molecule has 0 saturated carbocycles. The molecule has 0 aliphatic rings. The monoisotopic (exact) mass is 463 g/mol. The molecule has 0 atom stereocenters. The summed E-state index contributed by atoms with van der Waals surface area (Å²) < 4.78 is 6.91. The van der Waals surface area contributed by atoms with Crippen molar-refractivity contribution in [2.45, 2.75) is 46.3 Å². The van der Waals surface area contributed by atoms with Gasteiger partial charge in [0.1, 0.15) is 11.4 Å². The predicted octanol–water partition coefficient (Wildman–Crippen LogP) is 4.73. The summed E-state index contributed by atoms with van der Waals surface area (Å²) in [5.74, 6) is -1.01. The van der Waals surface area contributed by atoms with Gasteiger partial charge in [-0.1, -0.05) is 24.3 Å². The van der Waals surface area contributed by atoms with Gasteiger partial charge in [-0.3, -0.25) is 19.6 Å². The van der Waals surface area contributed by atoms with Gasteiger partial charge in [-0.2, -0.15) is 0 Å². The van der Waals surface area contributed by atoms with E-state index in [0.717, 1.165) is 5.39 Å². The Kier molecular flexibility index (Phi) is 7.10. The molecule has 1 heterocycles. The molecule has 178 valence electrons. The topological polar surface area (TPSA) is 101 Å². The van der Waals surface area contributed by atoms with Crippen LogP contribution in [0.5, 0.6) is 5.75 Å². The predicted molar refractivity (Wildman–Crippen MR) is 130 cm³/mol. The number of hydrazine groups is 1. The van der Waals surface area contributed by atoms with Gasteiger partial charge in [-0.15, -0.1) is 0 Å². The molecule has 0 fully saturated rings. The van der Waals surface area contributed by atoms with Crippen LogP contribution in [0.15, 0.2) is 60.8 Å². The molecule has 2 aromatic carbocycles. The van der Waals surface area contributed by atoms with Crippen molar-refractivity contribution in [2.75, 3.05) is 0 Å². The molecular formula is C26H29N3O5. The number of fused-ring (bicyclic) bond motifs is 1. The van der Waals surface area contributed by atoms with Crippen LogP contribution >= 0.6 is 0 Å². The zero-order valence-corrected chi connectivity index (χ0v) is 19.9. The van der Waals surface area contributed by atoms with Gasteiger partial charge < -0.3 is 9.84 Å². The molecule has 0 aliphatic heterocycles. The number of phenolic OH excluding ortho intramolecular Hbond substituents is 1. The Hall–Kier alpha value is -4.07. The Bertz CT molecular complexity index is 1250. The summed E-state index contributed by atoms with van der Waals surface area (Å²) in [6.45, 7) is 8.91. The van der Waals surface area contributed by atoms with E-state index in [0.29, 0.717) is 11.1 Å². The highest BCUT2D eigenvalue weighted by atomic mass is 16.6. The van der Waals surface area contributed by atoms with Gasteiger partial charge in [-0.05, 0) is 65.0 Å². The number of amides is 2. The third kappa shape index (κ3) is 5.83. The zero-order valence-electron chi connectivity index (χ0n) is 19.9. The molecular weight excluding hydrogens is 434 g/mol. The van der Waals surface area contributed by atoms with E-state index in [9.17, 15) is 19.5 Å². The molecule has 0 aliphatic carbocycles. The minimum Gasteiger partial charge on any atom is -0.508 e. The molecule has 8 heteroatoms. The first-order valence-corrected chi connectivity index (χ1v) is 10.9. The lowest BCUT2D eigenvalue weighted by Gasteiger charge is -2.26. The fraction of sp³-hybridized carbons (Fsp3) is 0.269. The van der Waals surface area contributed by atoms with Gasteiger partial charge in [0.15, 0.2) is 0 Å². The summed E-state index contributed by atoms with van der Waals surface area (Å²) in [5.41, 5.74) is 3.46. The van der Waals surface area contributed by atoms with Crippen LogP contribution in [0, 0.1) is 0 Å². The van der Waals surface area contributed by atoms with Crippen LogP contribution in [-0.2, 0) is 9.53 Å². The maximum Gasteiger partial charge on any atom is 0.419 e. The molecule has 0 spiro atoms. The van der Waals surface area contributed by atoms with Crippen LogP contribution < -0.4 is 5.43 Å². The van der Waals surface area contributed by atoms with Crippen molar-refractivity contribution in [2.24, 2.45) is 0 Å². The Morgan fingerprint density at radius 3 is 2.44 bits per heavy atom. The molecule has 2 amide bonds. The maximum absolute atomic E-state index is 12.9. The van der Waals surface area contributed by atoms with Crippen LogP contribution in [0.3, 0.4) is 0 Å². The van der Waals surface area contributed by atoms with E-state index < -0.39 is 23.5 Å². The summed E-state index contributed by atoms with van der Waals surface area (Å²) in [6.07, 6.45) is 4.04. The number of ether oxygens (including phenoxy) is 1. The second kappa shape index (κ2) is 9.82. The number of nitrogens with one attached hydrogen (secondary N) is 1. The number of hydrogen-bond acceptors (Lipinski definition) is 5. The van der Waals surface area contributed by atoms with Gasteiger partial charge in [0.25, 0.3) is 11.8 Å². The normalized spacial score (nSPS) is 11.7. The number of carbonyl (C=O) groups is 3. The first-order valence-electron chi connectivity index (χ1n) is 10.9. The number of carbonyl (C=O) groups excluding carboxylic acids is 3. The largest absolute Gasteiger partial charge is 0.508 e. The number of aromatic nitrogens is 1. The first-order chi connectivity index (χ1) is 16.0. The zero-order chi connectivity index (χ0) is 25.0. The van der Waals surface area contributed by atoms with E-state index >= 15 is 0 Å². The number of phenols is 1. The third-order valence-electron chi connectivity index (χ3n) is 4.82. The Morgan fingerprint density at radius 1 is 1.09 bits per heavy atom. The van der Waals surface area contributed by atoms with Crippen molar-refractivity contribution >= 4 is 34.9 Å². The number of hydrogen-bond donors (Lipinski definition) is 2. The molecule has 1 aromatic heterocycles. The SMILES string of the molecule is CC(C)N(NC(=O)c1cccc(O)c1)C(=O)/C=C/c1cn(C(=O)OC(C)(C)C)c2ccccc12. The van der Waals surface area contributed by atoms with Crippen LogP contribution in [-0.4, -0.2) is 44.2 Å². The summed E-state index contributed by atoms with van der Waals surface area (Å²) in [4.78, 5) is 38.2. The Balaban J connectivity index is 1.85. The fourth-order valence-electron chi connectivity index (χ4n) is 3.30. The molecule has 0 unspecified atom stereocenters. The highest BCUT2D eigenvalue weighted by Gasteiger charge is 2.21. The molecule has 3 aromatic rings. The minimum atomic E-state index is -0.653. The maximum atomic E-state index is 12.9. The van der Waals surface area contributed by atoms with Crippen molar-refractivity contribution in [3.63, 3.8) is 0 Å². The molecule has 3 rings (SSSR count). The van der Waals surface area contributed by atoms with E-state index in [1.54, 1.807) is 65.1 Å². The average Bonchev–Trinajstić information content (AvgIpc) is 3.13. The van der Waals surface area contributed by atoms with Crippen molar-refractivity contribution in [1.29, 1.82) is 0 Å². The molecule has 0 saturated heterocycles. The van der Waals surface area contributed by atoms with E-state index in [-0.39, 0.29) is 17.4 Å². The number of nitrogens with zero attached hydrogens (tertiary/aromatic N) is 2. The van der Waals surface area contributed by atoms with E-state index in [1.807, 2.05) is 18.2 Å². The van der Waals surface area contributed by atoms with Gasteiger partial charge in [0.05, 0.1) is 5.52 Å². The summed E-state index contributed by atoms with van der Waals surface area (Å²) >= 11 is 0. The van der Waals surface area contributed by atoms with E-state index in [4.69, 9.17) is 4.74 Å². The lowest BCUT2D eigenvalue weighted by Crippen LogP contribution is -2.49. The van der Waals surface area contributed by atoms with Crippen LogP contribution in [0.1, 0.15) is 50.5 Å². The second-order valence-electron chi connectivity index (χ2n) is 9.08. The van der Waals surface area contributed by atoms with E-state index in [2.05, 4.69) is 5.43 Å². The van der Waals surface area contributed by atoms with Crippen molar-refractivity contribution < 1.29 is 24.2 Å². The number of aromatic hydroxyl groups is 1. The molecule has 0 radical (unpaired) electrons. The molecule has 34 heavy (non-hydrogen) atoms. The first kappa shape index (κ1) is 24.6. The lowest BCUT2D eigenvalue weighted by atomic mass is 10.1. The highest BCUT2D eigenvalue weighted by molar-refractivity contribution is 6.01. The minimum absolute atomic E-state index is 0.0450. The number of benzene rings is 2. The van der Waals surface area contributed by atoms with E-state index in [1.165, 1.54) is 27.8 Å². The smallest absolute Gasteiger partial charge is 0.419 e. The summed E-state index contributed by atoms with van der Waals surface area (Å²) in [5, 5.41) is 11.6. The van der Waals surface area contributed by atoms with Crippen LogP contribution in [0.25, 0.3) is 17.0 Å². The van der Waals surface area contributed by atoms with Gasteiger partial charge in [0.2, 0.25) is 0 Å². The second-order valence-corrected chi connectivity index (χ2v) is 9.08.